The van der Waals surface area contributed by atoms with Gasteiger partial charge in [0.2, 0.25) is 5.91 Å². The highest BCUT2D eigenvalue weighted by Crippen LogP contribution is 2.38. The van der Waals surface area contributed by atoms with Crippen LogP contribution in [0.1, 0.15) is 17.2 Å². The van der Waals surface area contributed by atoms with Gasteiger partial charge in [-0.05, 0) is 23.8 Å². The number of hydrogen-bond acceptors (Lipinski definition) is 2. The first-order valence-corrected chi connectivity index (χ1v) is 7.94. The van der Waals surface area contributed by atoms with Crippen LogP contribution < -0.4 is 4.74 Å². The average molecular weight is 336 g/mol. The molecule has 5 heteroatoms. The molecule has 0 aliphatic carbocycles. The predicted molar refractivity (Wildman–Crippen MR) is 87.7 cm³/mol. The first kappa shape index (κ1) is 15.2. The molecular formula is C17H15Cl2NO2. The fraction of sp³-hybridized carbons (Fsp3) is 0.235. The molecule has 1 atom stereocenters. The second-order valence-corrected chi connectivity index (χ2v) is 5.77. The van der Waals surface area contributed by atoms with E-state index >= 15 is 0 Å². The summed E-state index contributed by atoms with van der Waals surface area (Å²) < 4.78 is 5.78. The highest BCUT2D eigenvalue weighted by Gasteiger charge is 2.31. The van der Waals surface area contributed by atoms with Gasteiger partial charge in [0.15, 0.2) is 0 Å². The van der Waals surface area contributed by atoms with Crippen LogP contribution in [0.4, 0.5) is 0 Å². The Hall–Kier alpha value is -1.71. The third kappa shape index (κ3) is 2.92. The van der Waals surface area contributed by atoms with Crippen LogP contribution in [0.5, 0.6) is 5.75 Å². The molecule has 1 amide bonds. The zero-order chi connectivity index (χ0) is 15.5. The van der Waals surface area contributed by atoms with Gasteiger partial charge < -0.3 is 9.64 Å². The fourth-order valence-electron chi connectivity index (χ4n) is 2.76. The molecule has 0 saturated carbocycles. The van der Waals surface area contributed by atoms with E-state index in [1.54, 1.807) is 11.0 Å². The minimum absolute atomic E-state index is 0.0563. The lowest BCUT2D eigenvalue weighted by molar-refractivity contribution is -0.130. The summed E-state index contributed by atoms with van der Waals surface area (Å²) in [7, 11) is 0. The van der Waals surface area contributed by atoms with Crippen molar-refractivity contribution in [3.63, 3.8) is 0 Å². The lowest BCUT2D eigenvalue weighted by Crippen LogP contribution is -2.37. The molecule has 1 aliphatic heterocycles. The van der Waals surface area contributed by atoms with Gasteiger partial charge in [0.05, 0.1) is 12.6 Å². The van der Waals surface area contributed by atoms with E-state index in [0.717, 1.165) is 16.9 Å². The second kappa shape index (κ2) is 6.59. The van der Waals surface area contributed by atoms with E-state index in [2.05, 4.69) is 0 Å². The number of halogens is 2. The Labute approximate surface area is 139 Å². The third-order valence-corrected chi connectivity index (χ3v) is 4.18. The normalized spacial score (nSPS) is 17.4. The number of carbonyl (C=O) groups excluding carboxylic acids is 1. The van der Waals surface area contributed by atoms with Gasteiger partial charge in [-0.3, -0.25) is 4.79 Å². The molecule has 2 aromatic carbocycles. The van der Waals surface area contributed by atoms with Crippen LogP contribution in [0.25, 0.3) is 0 Å². The maximum absolute atomic E-state index is 12.3. The van der Waals surface area contributed by atoms with E-state index in [1.807, 2.05) is 42.5 Å². The average Bonchev–Trinajstić information content (AvgIpc) is 2.74. The predicted octanol–water partition coefficient (Wildman–Crippen LogP) is 3.89. The van der Waals surface area contributed by atoms with E-state index < -0.39 is 0 Å². The second-order valence-electron chi connectivity index (χ2n) is 5.06. The molecule has 0 fully saturated rings. The van der Waals surface area contributed by atoms with Crippen molar-refractivity contribution in [2.24, 2.45) is 0 Å². The van der Waals surface area contributed by atoms with Crippen molar-refractivity contribution in [2.45, 2.75) is 6.04 Å². The Morgan fingerprint density at radius 3 is 2.73 bits per heavy atom. The van der Waals surface area contributed by atoms with Gasteiger partial charge >= 0.3 is 0 Å². The summed E-state index contributed by atoms with van der Waals surface area (Å²) in [6.07, 6.45) is 0. The molecule has 0 aromatic heterocycles. The zero-order valence-corrected chi connectivity index (χ0v) is 13.3. The number of carbonyl (C=O) groups is 1. The van der Waals surface area contributed by atoms with E-state index in [9.17, 15) is 4.79 Å². The van der Waals surface area contributed by atoms with E-state index in [1.165, 1.54) is 0 Å². The van der Waals surface area contributed by atoms with Gasteiger partial charge in [-0.25, -0.2) is 0 Å². The van der Waals surface area contributed by atoms with Crippen molar-refractivity contribution in [1.82, 2.24) is 4.90 Å². The first-order chi connectivity index (χ1) is 10.7. The molecule has 3 nitrogen and oxygen atoms in total. The minimum atomic E-state index is -0.247. The van der Waals surface area contributed by atoms with E-state index in [4.69, 9.17) is 27.9 Å². The number of rotatable bonds is 2. The van der Waals surface area contributed by atoms with Crippen LogP contribution in [0, 0.1) is 0 Å². The Balaban J connectivity index is 2.16. The van der Waals surface area contributed by atoms with Crippen LogP contribution in [0.2, 0.25) is 5.02 Å². The quantitative estimate of drug-likeness (QED) is 0.779. The summed E-state index contributed by atoms with van der Waals surface area (Å²) in [5, 5.41) is 0.614. The smallest absolute Gasteiger partial charge is 0.238 e. The van der Waals surface area contributed by atoms with E-state index in [-0.39, 0.29) is 17.8 Å². The van der Waals surface area contributed by atoms with Crippen LogP contribution in [-0.4, -0.2) is 29.8 Å². The molecule has 1 unspecified atom stereocenters. The molecule has 1 aliphatic rings. The Bertz CT molecular complexity index is 676. The maximum Gasteiger partial charge on any atom is 0.238 e. The molecule has 0 spiro atoms. The monoisotopic (exact) mass is 335 g/mol. The lowest BCUT2D eigenvalue weighted by Gasteiger charge is -2.30. The SMILES string of the molecule is O=C(CCl)N1CCOc2ccc(Cl)cc2C1c1ccccc1. The summed E-state index contributed by atoms with van der Waals surface area (Å²) in [6.45, 7) is 0.915. The summed E-state index contributed by atoms with van der Waals surface area (Å²) in [4.78, 5) is 14.1. The van der Waals surface area contributed by atoms with Crippen LogP contribution in [0.15, 0.2) is 48.5 Å². The van der Waals surface area contributed by atoms with Gasteiger partial charge in [-0.2, -0.15) is 0 Å². The number of alkyl halides is 1. The molecule has 1 heterocycles. The molecule has 0 bridgehead atoms. The number of ether oxygens (including phenoxy) is 1. The summed E-state index contributed by atoms with van der Waals surface area (Å²) in [5.74, 6) is 0.578. The van der Waals surface area contributed by atoms with E-state index in [0.29, 0.717) is 18.2 Å². The molecule has 22 heavy (non-hydrogen) atoms. The van der Waals surface area contributed by atoms with Crippen LogP contribution in [0.3, 0.4) is 0 Å². The molecule has 0 radical (unpaired) electrons. The Kier molecular flexibility index (Phi) is 4.55. The standard InChI is InChI=1S/C17H15Cl2NO2/c18-11-16(21)20-8-9-22-15-7-6-13(19)10-14(15)17(20)12-4-2-1-3-5-12/h1-7,10,17H,8-9,11H2. The van der Waals surface area contributed by atoms with Gasteiger partial charge in [0, 0.05) is 10.6 Å². The Morgan fingerprint density at radius 1 is 1.23 bits per heavy atom. The minimum Gasteiger partial charge on any atom is -0.491 e. The van der Waals surface area contributed by atoms with Crippen molar-refractivity contribution >= 4 is 29.1 Å². The first-order valence-electron chi connectivity index (χ1n) is 7.03. The summed E-state index contributed by atoms with van der Waals surface area (Å²) >= 11 is 12.0. The van der Waals surface area contributed by atoms with Crippen molar-refractivity contribution in [3.8, 4) is 5.75 Å². The van der Waals surface area contributed by atoms with Crippen LogP contribution in [-0.2, 0) is 4.79 Å². The van der Waals surface area contributed by atoms with Gasteiger partial charge in [-0.1, -0.05) is 41.9 Å². The van der Waals surface area contributed by atoms with Gasteiger partial charge in [0.25, 0.3) is 0 Å². The highest BCUT2D eigenvalue weighted by molar-refractivity contribution is 6.30. The molecule has 0 N–H and O–H groups in total. The topological polar surface area (TPSA) is 29.5 Å². The van der Waals surface area contributed by atoms with Crippen LogP contribution >= 0.6 is 23.2 Å². The fourth-order valence-corrected chi connectivity index (χ4v) is 3.09. The Morgan fingerprint density at radius 2 is 2.00 bits per heavy atom. The van der Waals surface area contributed by atoms with Crippen molar-refractivity contribution < 1.29 is 9.53 Å². The number of amides is 1. The van der Waals surface area contributed by atoms with Gasteiger partial charge in [0.1, 0.15) is 18.2 Å². The van der Waals surface area contributed by atoms with Crippen molar-refractivity contribution in [3.05, 3.63) is 64.7 Å². The molecule has 0 saturated heterocycles. The molecule has 114 valence electrons. The zero-order valence-electron chi connectivity index (χ0n) is 11.8. The number of fused-ring (bicyclic) bond motifs is 1. The number of benzene rings is 2. The molecule has 2 aromatic rings. The highest BCUT2D eigenvalue weighted by atomic mass is 35.5. The van der Waals surface area contributed by atoms with Gasteiger partial charge in [-0.15, -0.1) is 11.6 Å². The van der Waals surface area contributed by atoms with Crippen molar-refractivity contribution in [1.29, 1.82) is 0 Å². The molecular weight excluding hydrogens is 321 g/mol. The summed E-state index contributed by atoms with van der Waals surface area (Å²) in [5.41, 5.74) is 1.89. The maximum atomic E-state index is 12.3. The number of nitrogens with zero attached hydrogens (tertiary/aromatic N) is 1. The molecule has 3 rings (SSSR count). The lowest BCUT2D eigenvalue weighted by atomic mass is 9.96. The largest absolute Gasteiger partial charge is 0.491 e. The number of hydrogen-bond donors (Lipinski definition) is 0. The third-order valence-electron chi connectivity index (χ3n) is 3.72. The summed E-state index contributed by atoms with van der Waals surface area (Å²) in [6, 6.07) is 15.1. The van der Waals surface area contributed by atoms with Crippen molar-refractivity contribution in [2.75, 3.05) is 19.0 Å².